The molecule has 0 saturated carbocycles. The van der Waals surface area contributed by atoms with Gasteiger partial charge in [0.05, 0.1) is 16.8 Å². The lowest BCUT2D eigenvalue weighted by molar-refractivity contribution is 0.341. The monoisotopic (exact) mass is 293 g/mol. The van der Waals surface area contributed by atoms with Crippen LogP contribution in [0.4, 0.5) is 5.13 Å². The van der Waals surface area contributed by atoms with E-state index in [4.69, 9.17) is 4.74 Å². The minimum atomic E-state index is 0.421. The highest BCUT2D eigenvalue weighted by atomic mass is 32.1. The third kappa shape index (κ3) is 4.08. The number of hydrogen-bond donors (Lipinski definition) is 1. The highest BCUT2D eigenvalue weighted by molar-refractivity contribution is 7.22. The highest BCUT2D eigenvalue weighted by Gasteiger charge is 2.08. The number of hydrogen-bond acceptors (Lipinski definition) is 5. The number of aromatic nitrogens is 1. The lowest BCUT2D eigenvalue weighted by Crippen LogP contribution is -2.22. The van der Waals surface area contributed by atoms with Crippen LogP contribution in [-0.2, 0) is 0 Å². The molecule has 1 aromatic carbocycles. The molecule has 1 atom stereocenters. The van der Waals surface area contributed by atoms with Crippen LogP contribution in [-0.4, -0.2) is 43.2 Å². The number of anilines is 1. The molecule has 0 aliphatic heterocycles. The zero-order valence-corrected chi connectivity index (χ0v) is 13.5. The van der Waals surface area contributed by atoms with Crippen molar-refractivity contribution in [2.75, 3.05) is 32.6 Å². The Bertz CT molecular complexity index is 553. The van der Waals surface area contributed by atoms with E-state index in [0.29, 0.717) is 12.6 Å². The molecule has 2 aromatic rings. The molecule has 0 aliphatic rings. The molecule has 1 heterocycles. The summed E-state index contributed by atoms with van der Waals surface area (Å²) in [4.78, 5) is 6.82. The van der Waals surface area contributed by atoms with Gasteiger partial charge in [-0.15, -0.1) is 0 Å². The summed E-state index contributed by atoms with van der Waals surface area (Å²) >= 11 is 1.68. The van der Waals surface area contributed by atoms with E-state index in [1.807, 2.05) is 19.1 Å². The summed E-state index contributed by atoms with van der Waals surface area (Å²) in [6, 6.07) is 6.48. The molecule has 1 unspecified atom stereocenters. The van der Waals surface area contributed by atoms with Crippen LogP contribution in [0.3, 0.4) is 0 Å². The summed E-state index contributed by atoms with van der Waals surface area (Å²) in [6.45, 7) is 5.96. The molecule has 5 heteroatoms. The molecule has 0 fully saturated rings. The van der Waals surface area contributed by atoms with Crippen molar-refractivity contribution in [1.29, 1.82) is 0 Å². The number of benzene rings is 1. The summed E-state index contributed by atoms with van der Waals surface area (Å²) in [5.41, 5.74) is 1.03. The van der Waals surface area contributed by atoms with Gasteiger partial charge in [0, 0.05) is 6.04 Å². The largest absolute Gasteiger partial charge is 0.494 e. The van der Waals surface area contributed by atoms with E-state index in [-0.39, 0.29) is 0 Å². The number of rotatable bonds is 7. The van der Waals surface area contributed by atoms with Gasteiger partial charge < -0.3 is 15.0 Å². The molecule has 0 radical (unpaired) electrons. The van der Waals surface area contributed by atoms with Gasteiger partial charge in [0.15, 0.2) is 5.13 Å². The van der Waals surface area contributed by atoms with E-state index in [1.165, 1.54) is 4.70 Å². The van der Waals surface area contributed by atoms with Crippen LogP contribution in [0.1, 0.15) is 20.3 Å². The highest BCUT2D eigenvalue weighted by Crippen LogP contribution is 2.29. The van der Waals surface area contributed by atoms with Gasteiger partial charge in [-0.3, -0.25) is 0 Å². The van der Waals surface area contributed by atoms with E-state index in [9.17, 15) is 0 Å². The Labute approximate surface area is 124 Å². The molecule has 2 rings (SSSR count). The first-order chi connectivity index (χ1) is 9.58. The molecule has 110 valence electrons. The first-order valence-electron chi connectivity index (χ1n) is 7.03. The lowest BCUT2D eigenvalue weighted by Gasteiger charge is -2.15. The molecule has 4 nitrogen and oxygen atoms in total. The maximum absolute atomic E-state index is 5.52. The van der Waals surface area contributed by atoms with Gasteiger partial charge in [0.1, 0.15) is 5.75 Å². The number of ether oxygens (including phenoxy) is 1. The van der Waals surface area contributed by atoms with Gasteiger partial charge in [0.25, 0.3) is 0 Å². The predicted octanol–water partition coefficient (Wildman–Crippen LogP) is 3.45. The maximum atomic E-state index is 5.52. The van der Waals surface area contributed by atoms with E-state index < -0.39 is 0 Å². The summed E-state index contributed by atoms with van der Waals surface area (Å²) in [5, 5.41) is 4.46. The van der Waals surface area contributed by atoms with Gasteiger partial charge in [0.2, 0.25) is 0 Å². The Balaban J connectivity index is 2.03. The van der Waals surface area contributed by atoms with Crippen LogP contribution < -0.4 is 10.1 Å². The Morgan fingerprint density at radius 3 is 2.90 bits per heavy atom. The summed E-state index contributed by atoms with van der Waals surface area (Å²) in [7, 11) is 4.19. The molecule has 1 aromatic heterocycles. The SMILES string of the molecule is CCOc1ccc2nc(NC(C)CCN(C)C)sc2c1. The van der Waals surface area contributed by atoms with Crippen LogP contribution in [0.5, 0.6) is 5.75 Å². The normalized spacial score (nSPS) is 12.8. The van der Waals surface area contributed by atoms with Crippen LogP contribution in [0, 0.1) is 0 Å². The van der Waals surface area contributed by atoms with E-state index in [0.717, 1.165) is 29.4 Å². The molecule has 0 amide bonds. The molecule has 0 bridgehead atoms. The van der Waals surface area contributed by atoms with E-state index in [2.05, 4.69) is 42.3 Å². The quantitative estimate of drug-likeness (QED) is 0.848. The second-order valence-electron chi connectivity index (χ2n) is 5.22. The fraction of sp³-hybridized carbons (Fsp3) is 0.533. The minimum absolute atomic E-state index is 0.421. The van der Waals surface area contributed by atoms with Crippen molar-refractivity contribution in [3.63, 3.8) is 0 Å². The maximum Gasteiger partial charge on any atom is 0.184 e. The first-order valence-corrected chi connectivity index (χ1v) is 7.84. The molecule has 0 aliphatic carbocycles. The van der Waals surface area contributed by atoms with Crippen LogP contribution in [0.15, 0.2) is 18.2 Å². The van der Waals surface area contributed by atoms with Crippen molar-refractivity contribution in [2.24, 2.45) is 0 Å². The average Bonchev–Trinajstić information content (AvgIpc) is 2.78. The summed E-state index contributed by atoms with van der Waals surface area (Å²) in [5.74, 6) is 0.913. The zero-order chi connectivity index (χ0) is 14.5. The third-order valence-electron chi connectivity index (χ3n) is 3.05. The number of nitrogens with zero attached hydrogens (tertiary/aromatic N) is 2. The summed E-state index contributed by atoms with van der Waals surface area (Å²) in [6.07, 6.45) is 1.10. The van der Waals surface area contributed by atoms with Crippen molar-refractivity contribution in [3.05, 3.63) is 18.2 Å². The first kappa shape index (κ1) is 15.1. The number of thiazole rings is 1. The van der Waals surface area contributed by atoms with Crippen LogP contribution >= 0.6 is 11.3 Å². The van der Waals surface area contributed by atoms with Crippen molar-refractivity contribution in [2.45, 2.75) is 26.3 Å². The molecule has 1 N–H and O–H groups in total. The fourth-order valence-electron chi connectivity index (χ4n) is 1.96. The van der Waals surface area contributed by atoms with Gasteiger partial charge >= 0.3 is 0 Å². The Morgan fingerprint density at radius 2 is 2.20 bits per heavy atom. The van der Waals surface area contributed by atoms with Crippen molar-refractivity contribution < 1.29 is 4.74 Å². The second kappa shape index (κ2) is 6.90. The third-order valence-corrected chi connectivity index (χ3v) is 4.00. The topological polar surface area (TPSA) is 37.4 Å². The minimum Gasteiger partial charge on any atom is -0.494 e. The fourth-order valence-corrected chi connectivity index (χ4v) is 2.96. The average molecular weight is 293 g/mol. The van der Waals surface area contributed by atoms with Crippen LogP contribution in [0.2, 0.25) is 0 Å². The van der Waals surface area contributed by atoms with Crippen molar-refractivity contribution in [1.82, 2.24) is 9.88 Å². The number of fused-ring (bicyclic) bond motifs is 1. The number of nitrogens with one attached hydrogen (secondary N) is 1. The van der Waals surface area contributed by atoms with Gasteiger partial charge in [-0.05, 0) is 59.1 Å². The van der Waals surface area contributed by atoms with Crippen molar-refractivity contribution >= 4 is 26.7 Å². The van der Waals surface area contributed by atoms with Crippen molar-refractivity contribution in [3.8, 4) is 5.75 Å². The standard InChI is InChI=1S/C15H23N3OS/c1-5-19-12-6-7-13-14(10-12)20-15(17-13)16-11(2)8-9-18(3)4/h6-7,10-11H,5,8-9H2,1-4H3,(H,16,17). The molecular formula is C15H23N3OS. The molecule has 20 heavy (non-hydrogen) atoms. The smallest absolute Gasteiger partial charge is 0.184 e. The second-order valence-corrected chi connectivity index (χ2v) is 6.25. The zero-order valence-electron chi connectivity index (χ0n) is 12.6. The Kier molecular flexibility index (Phi) is 5.20. The van der Waals surface area contributed by atoms with E-state index in [1.54, 1.807) is 11.3 Å². The van der Waals surface area contributed by atoms with E-state index >= 15 is 0 Å². The van der Waals surface area contributed by atoms with Gasteiger partial charge in [-0.25, -0.2) is 4.98 Å². The Morgan fingerprint density at radius 1 is 1.40 bits per heavy atom. The molecule has 0 spiro atoms. The molecule has 0 saturated heterocycles. The van der Waals surface area contributed by atoms with Gasteiger partial charge in [-0.1, -0.05) is 11.3 Å². The molecular weight excluding hydrogens is 270 g/mol. The lowest BCUT2D eigenvalue weighted by atomic mass is 10.2. The van der Waals surface area contributed by atoms with Gasteiger partial charge in [-0.2, -0.15) is 0 Å². The Hall–Kier alpha value is -1.33. The summed E-state index contributed by atoms with van der Waals surface area (Å²) < 4.78 is 6.69. The predicted molar refractivity (Wildman–Crippen MR) is 87.0 cm³/mol. The van der Waals surface area contributed by atoms with Crippen LogP contribution in [0.25, 0.3) is 10.2 Å².